The number of urea groups is 1. The zero-order chi connectivity index (χ0) is 31.6. The summed E-state index contributed by atoms with van der Waals surface area (Å²) >= 11 is 7.09. The van der Waals surface area contributed by atoms with Gasteiger partial charge in [-0.1, -0.05) is 11.6 Å². The van der Waals surface area contributed by atoms with Gasteiger partial charge in [-0.3, -0.25) is 10.3 Å². The van der Waals surface area contributed by atoms with Gasteiger partial charge in [-0.15, -0.1) is 11.8 Å². The third-order valence-corrected chi connectivity index (χ3v) is 11.9. The fourth-order valence-corrected chi connectivity index (χ4v) is 7.70. The van der Waals surface area contributed by atoms with Crippen LogP contribution in [0.5, 0.6) is 0 Å². The summed E-state index contributed by atoms with van der Waals surface area (Å²) in [5, 5.41) is 7.85. The Morgan fingerprint density at radius 2 is 2.02 bits per heavy atom. The van der Waals surface area contributed by atoms with Gasteiger partial charge in [0.05, 0.1) is 7.11 Å². The van der Waals surface area contributed by atoms with Crippen LogP contribution in [-0.2, 0) is 9.53 Å². The molecule has 0 aromatic heterocycles. The van der Waals surface area contributed by atoms with Gasteiger partial charge in [-0.2, -0.15) is 0 Å². The van der Waals surface area contributed by atoms with Crippen molar-refractivity contribution in [1.82, 2.24) is 23.5 Å². The molecule has 0 radical (unpaired) electrons. The average Bonchev–Trinajstić information content (AvgIpc) is 2.96. The summed E-state index contributed by atoms with van der Waals surface area (Å²) in [6.07, 6.45) is 3.92. The third-order valence-electron chi connectivity index (χ3n) is 7.04. The van der Waals surface area contributed by atoms with E-state index in [4.69, 9.17) is 16.3 Å². The molecular formula is C26H42ClFI2N6O5S. The van der Waals surface area contributed by atoms with Gasteiger partial charge in [0.1, 0.15) is 10.9 Å². The zero-order valence-electron chi connectivity index (χ0n) is 24.8. The number of nitrogens with one attached hydrogen (secondary N) is 2. The molecule has 0 fully saturated rings. The van der Waals surface area contributed by atoms with Crippen molar-refractivity contribution >= 4 is 83.9 Å². The Morgan fingerprint density at radius 3 is 2.55 bits per heavy atom. The van der Waals surface area contributed by atoms with Crippen LogP contribution in [0.4, 0.5) is 9.18 Å². The number of hydrogen-bond donors (Lipinski definition) is 4. The van der Waals surface area contributed by atoms with E-state index in [0.29, 0.717) is 62.4 Å². The van der Waals surface area contributed by atoms with E-state index in [0.717, 1.165) is 5.04 Å². The maximum atomic E-state index is 14.0. The second kappa shape index (κ2) is 18.3. The minimum atomic E-state index is -3.04. The van der Waals surface area contributed by atoms with Crippen LogP contribution in [0.3, 0.4) is 0 Å². The van der Waals surface area contributed by atoms with Crippen molar-refractivity contribution in [3.05, 3.63) is 33.8 Å². The number of ether oxygens (including phenoxy) is 1. The van der Waals surface area contributed by atoms with Crippen molar-refractivity contribution in [3.63, 3.8) is 0 Å². The topological polar surface area (TPSA) is 130 Å². The molecule has 0 saturated heterocycles. The molecule has 2 amide bonds. The zero-order valence-corrected chi connectivity index (χ0v) is 30.7. The molecule has 240 valence electrons. The number of carbonyl (C=O) groups excluding carboxylic acids is 2. The number of likely N-dealkylation sites (N-methyl/N-ethyl adjacent to an activating group) is 1. The number of aliphatic imine (C=N–C) groups is 1. The van der Waals surface area contributed by atoms with E-state index in [1.807, 2.05) is 23.2 Å². The van der Waals surface area contributed by atoms with E-state index in [1.54, 1.807) is 23.9 Å². The van der Waals surface area contributed by atoms with E-state index >= 15 is 0 Å². The Morgan fingerprint density at radius 1 is 1.33 bits per heavy atom. The first-order valence-electron chi connectivity index (χ1n) is 13.5. The first-order valence-corrected chi connectivity index (χ1v) is 19.2. The summed E-state index contributed by atoms with van der Waals surface area (Å²) in [5.74, 6) is -0.840. The van der Waals surface area contributed by atoms with Crippen molar-refractivity contribution in [2.75, 3.05) is 60.2 Å². The SMILES string of the molecule is CCC(CN(CC)C(=O)N(C)CCN(I)CC1=C(C(=O)OC)[C@H](C2=C(Cl)C=C(F)CC2)NC(C(=NC)SC)N1)I(O)O. The van der Waals surface area contributed by atoms with Crippen LogP contribution >= 0.6 is 66.9 Å². The predicted molar refractivity (Wildman–Crippen MR) is 184 cm³/mol. The number of allylic oxidation sites excluding steroid dienone is 3. The normalized spacial score (nSPS) is 20.7. The van der Waals surface area contributed by atoms with Crippen LogP contribution in [0.15, 0.2) is 38.8 Å². The fraction of sp³-hybridized carbons (Fsp3) is 0.654. The molecule has 42 heavy (non-hydrogen) atoms. The standard InChI is InChI=1S/C26H42ClFI2N6O5S/c1-7-17(30(39)40)14-35(8-2)26(38)34(4)11-12-36(29)15-20-21(25(37)41-5)22(18-10-9-16(28)13-19(18)27)33-23(32-20)24(31-3)42-6/h13,17,22-23,32-33,39-40H,7-12,14-15H2,1-6H3/t17?,22-,23?/m0/s1. The van der Waals surface area contributed by atoms with Gasteiger partial charge >= 0.3 is 173 Å². The Balaban J connectivity index is 2.30. The van der Waals surface area contributed by atoms with Crippen LogP contribution in [0.2, 0.25) is 0 Å². The van der Waals surface area contributed by atoms with E-state index in [2.05, 4.69) is 38.5 Å². The summed E-state index contributed by atoms with van der Waals surface area (Å²) < 4.78 is 40.4. The molecule has 0 saturated carbocycles. The number of thioether (sulfide) groups is 1. The van der Waals surface area contributed by atoms with Crippen molar-refractivity contribution < 1.29 is 25.6 Å². The van der Waals surface area contributed by atoms with Crippen molar-refractivity contribution in [1.29, 1.82) is 0 Å². The first-order chi connectivity index (χ1) is 19.9. The molecule has 2 aliphatic rings. The predicted octanol–water partition coefficient (Wildman–Crippen LogP) is 3.96. The number of alkyl halides is 1. The van der Waals surface area contributed by atoms with Crippen molar-refractivity contribution in [2.45, 2.75) is 49.2 Å². The van der Waals surface area contributed by atoms with Gasteiger partial charge in [-0.25, -0.2) is 9.18 Å². The molecule has 2 unspecified atom stereocenters. The number of esters is 1. The number of methoxy groups -OCH3 is 1. The first kappa shape index (κ1) is 37.5. The molecular weight excluding hydrogens is 817 g/mol. The van der Waals surface area contributed by atoms with Crippen LogP contribution < -0.4 is 10.6 Å². The van der Waals surface area contributed by atoms with Gasteiger partial charge in [0.15, 0.2) is 0 Å². The summed E-state index contributed by atoms with van der Waals surface area (Å²) in [6.45, 7) is 5.73. The molecule has 2 rings (SSSR count). The van der Waals surface area contributed by atoms with Gasteiger partial charge < -0.3 is 4.74 Å². The summed E-state index contributed by atoms with van der Waals surface area (Å²) in [7, 11) is 4.72. The van der Waals surface area contributed by atoms with Crippen molar-refractivity contribution in [2.24, 2.45) is 4.99 Å². The van der Waals surface area contributed by atoms with Crippen LogP contribution in [0.25, 0.3) is 0 Å². The molecule has 1 heterocycles. The maximum absolute atomic E-state index is 14.0. The van der Waals surface area contributed by atoms with Crippen molar-refractivity contribution in [3.8, 4) is 0 Å². The molecule has 3 atom stereocenters. The molecule has 1 aliphatic carbocycles. The second-order valence-electron chi connectivity index (χ2n) is 9.65. The number of halogens is 4. The van der Waals surface area contributed by atoms with Gasteiger partial charge in [0.25, 0.3) is 0 Å². The Kier molecular flexibility index (Phi) is 16.3. The Hall–Kier alpha value is -0.700. The number of carbonyl (C=O) groups is 2. The van der Waals surface area contributed by atoms with E-state index in [1.165, 1.54) is 24.9 Å². The number of hydrogen-bond acceptors (Lipinski definition) is 10. The summed E-state index contributed by atoms with van der Waals surface area (Å²) in [4.78, 5) is 33.9. The third kappa shape index (κ3) is 10.2. The molecule has 4 N–H and O–H groups in total. The molecule has 11 nitrogen and oxygen atoms in total. The number of rotatable bonds is 13. The van der Waals surface area contributed by atoms with E-state index < -0.39 is 38.8 Å². The monoisotopic (exact) mass is 858 g/mol. The summed E-state index contributed by atoms with van der Waals surface area (Å²) in [6, 6.07) is -0.806. The molecule has 0 bridgehead atoms. The molecule has 0 spiro atoms. The quantitative estimate of drug-likeness (QED) is 0.0544. The van der Waals surface area contributed by atoms with Crippen LogP contribution in [0.1, 0.15) is 33.1 Å². The number of amides is 2. The molecule has 16 heteroatoms. The molecule has 1 aliphatic heterocycles. The Labute approximate surface area is 279 Å². The van der Waals surface area contributed by atoms with Crippen LogP contribution in [-0.4, -0.2) is 113 Å². The van der Waals surface area contributed by atoms with Gasteiger partial charge in [0, 0.05) is 18.5 Å². The molecule has 0 aromatic carbocycles. The Bertz CT molecular complexity index is 1100. The molecule has 0 aromatic rings. The van der Waals surface area contributed by atoms with Gasteiger partial charge in [-0.05, 0) is 24.3 Å². The average molecular weight is 859 g/mol. The fourth-order valence-electron chi connectivity index (χ4n) is 4.66. The second-order valence-corrected chi connectivity index (χ2v) is 15.6. The van der Waals surface area contributed by atoms with E-state index in [9.17, 15) is 20.9 Å². The number of nitrogens with zero attached hydrogens (tertiary/aromatic N) is 4. The van der Waals surface area contributed by atoms with E-state index in [-0.39, 0.29) is 27.2 Å². The summed E-state index contributed by atoms with van der Waals surface area (Å²) in [5.41, 5.74) is 1.67. The minimum absolute atomic E-state index is 0.184. The van der Waals surface area contributed by atoms with Crippen LogP contribution in [0, 0.1) is 0 Å². The van der Waals surface area contributed by atoms with Gasteiger partial charge in [0.2, 0.25) is 0 Å².